The van der Waals surface area contributed by atoms with Crippen LogP contribution in [0.25, 0.3) is 0 Å². The zero-order valence-corrected chi connectivity index (χ0v) is 6.99. The maximum absolute atomic E-state index is 10.3. The summed E-state index contributed by atoms with van der Waals surface area (Å²) < 4.78 is 0. The van der Waals surface area contributed by atoms with E-state index in [2.05, 4.69) is 10.5 Å². The van der Waals surface area contributed by atoms with Crippen molar-refractivity contribution in [1.82, 2.24) is 5.43 Å². The molecule has 0 saturated carbocycles. The first-order valence-electron chi connectivity index (χ1n) is 3.43. The number of hydrazone groups is 1. The number of carbonyl (C=O) groups excluding carboxylic acids is 1. The number of hydrogen-bond acceptors (Lipinski definition) is 4. The molecule has 0 unspecified atom stereocenters. The number of rotatable bonds is 3. The second-order valence-electron chi connectivity index (χ2n) is 2.28. The molecule has 1 rings (SSSR count). The molecule has 0 aromatic heterocycles. The summed E-state index contributed by atoms with van der Waals surface area (Å²) in [6.07, 6.45) is 1.02. The molecule has 3 N–H and O–H groups in total. The van der Waals surface area contributed by atoms with Crippen molar-refractivity contribution in [3.63, 3.8) is 0 Å². The summed E-state index contributed by atoms with van der Waals surface area (Å²) in [5.74, 6) is 1.74. The number of thioether (sulfide) groups is 1. The van der Waals surface area contributed by atoms with Gasteiger partial charge in [-0.3, -0.25) is 4.79 Å². The van der Waals surface area contributed by atoms with E-state index in [1.165, 1.54) is 0 Å². The van der Waals surface area contributed by atoms with Gasteiger partial charge in [0, 0.05) is 11.5 Å². The molecule has 11 heavy (non-hydrogen) atoms. The number of nitrogens with one attached hydrogen (secondary N) is 1. The Hall–Kier alpha value is -0.710. The third-order valence-electron chi connectivity index (χ3n) is 1.29. The highest BCUT2D eigenvalue weighted by Gasteiger charge is 2.07. The molecule has 1 heterocycles. The number of hydrogen-bond donors (Lipinski definition) is 2. The van der Waals surface area contributed by atoms with Crippen molar-refractivity contribution in [2.24, 2.45) is 10.8 Å². The van der Waals surface area contributed by atoms with E-state index in [1.807, 2.05) is 11.8 Å². The average molecular weight is 173 g/mol. The fraction of sp³-hybridized carbons (Fsp3) is 0.667. The third kappa shape index (κ3) is 3.27. The Morgan fingerprint density at radius 1 is 1.82 bits per heavy atom. The van der Waals surface area contributed by atoms with Gasteiger partial charge in [-0.15, -0.1) is 0 Å². The van der Waals surface area contributed by atoms with E-state index in [4.69, 9.17) is 5.73 Å². The van der Waals surface area contributed by atoms with Crippen LogP contribution in [-0.2, 0) is 4.79 Å². The lowest BCUT2D eigenvalue weighted by molar-refractivity contribution is -0.117. The van der Waals surface area contributed by atoms with E-state index < -0.39 is 0 Å². The van der Waals surface area contributed by atoms with Crippen LogP contribution >= 0.6 is 11.8 Å². The largest absolute Gasteiger partial charge is 0.368 e. The second-order valence-corrected chi connectivity index (χ2v) is 3.39. The summed E-state index contributed by atoms with van der Waals surface area (Å²) in [5.41, 5.74) is 8.65. The Bertz CT molecular complexity index is 173. The maximum Gasteiger partial charge on any atom is 0.238 e. The number of nitrogens with two attached hydrogens (primary N) is 1. The van der Waals surface area contributed by atoms with Gasteiger partial charge in [-0.25, -0.2) is 0 Å². The Balaban J connectivity index is 2.18. The molecule has 62 valence electrons. The zero-order chi connectivity index (χ0) is 8.10. The number of nitrogens with zero attached hydrogens (tertiary/aromatic N) is 1. The summed E-state index contributed by atoms with van der Waals surface area (Å²) in [5, 5.41) is 4.01. The monoisotopic (exact) mass is 173 g/mol. The van der Waals surface area contributed by atoms with Crippen LogP contribution in [0.15, 0.2) is 5.10 Å². The molecule has 1 saturated heterocycles. The molecule has 0 atom stereocenters. The third-order valence-corrected chi connectivity index (χ3v) is 2.32. The lowest BCUT2D eigenvalue weighted by Gasteiger charge is -1.96. The molecule has 5 heteroatoms. The average Bonchev–Trinajstić information content (AvgIpc) is 2.39. The van der Waals surface area contributed by atoms with Gasteiger partial charge in [0.2, 0.25) is 5.91 Å². The summed E-state index contributed by atoms with van der Waals surface area (Å²) in [7, 11) is 0. The molecule has 1 fully saturated rings. The van der Waals surface area contributed by atoms with Gasteiger partial charge in [-0.05, 0) is 12.2 Å². The molecule has 1 aliphatic heterocycles. The van der Waals surface area contributed by atoms with Gasteiger partial charge in [0.1, 0.15) is 6.54 Å². The fourth-order valence-electron chi connectivity index (χ4n) is 0.770. The lowest BCUT2D eigenvalue weighted by Crippen LogP contribution is -2.25. The predicted molar refractivity (Wildman–Crippen MR) is 46.6 cm³/mol. The van der Waals surface area contributed by atoms with Gasteiger partial charge in [-0.1, -0.05) is 0 Å². The summed E-state index contributed by atoms with van der Waals surface area (Å²) in [4.78, 5) is 10.3. The molecular weight excluding hydrogens is 162 g/mol. The van der Waals surface area contributed by atoms with E-state index in [0.717, 1.165) is 23.6 Å². The molecule has 0 spiro atoms. The fourth-order valence-corrected chi connectivity index (χ4v) is 1.74. The van der Waals surface area contributed by atoms with Gasteiger partial charge < -0.3 is 11.2 Å². The van der Waals surface area contributed by atoms with Gasteiger partial charge in [0.15, 0.2) is 0 Å². The quantitative estimate of drug-likeness (QED) is 0.568. The van der Waals surface area contributed by atoms with Gasteiger partial charge >= 0.3 is 0 Å². The van der Waals surface area contributed by atoms with Crippen molar-refractivity contribution in [1.29, 1.82) is 0 Å². The Morgan fingerprint density at radius 3 is 3.18 bits per heavy atom. The van der Waals surface area contributed by atoms with E-state index in [1.54, 1.807) is 0 Å². The highest BCUT2D eigenvalue weighted by Crippen LogP contribution is 2.13. The SMILES string of the molecule is NC(=O)CN/N=C1/CCSC1. The Labute approximate surface area is 69.6 Å². The van der Waals surface area contributed by atoms with E-state index in [-0.39, 0.29) is 12.5 Å². The molecule has 0 aromatic carbocycles. The summed E-state index contributed by atoms with van der Waals surface area (Å²) >= 11 is 1.85. The molecule has 4 nitrogen and oxygen atoms in total. The predicted octanol–water partition coefficient (Wildman–Crippen LogP) is -0.446. The standard InChI is InChI=1S/C6H11N3OS/c7-6(10)3-8-9-5-1-2-11-4-5/h8H,1-4H2,(H2,7,10)/b9-5-. The van der Waals surface area contributed by atoms with Crippen LogP contribution in [0.2, 0.25) is 0 Å². The van der Waals surface area contributed by atoms with Crippen LogP contribution in [0.3, 0.4) is 0 Å². The van der Waals surface area contributed by atoms with Crippen molar-refractivity contribution < 1.29 is 4.79 Å². The molecule has 0 aliphatic carbocycles. The first-order valence-corrected chi connectivity index (χ1v) is 4.59. The summed E-state index contributed by atoms with van der Waals surface area (Å²) in [6, 6.07) is 0. The molecule has 0 bridgehead atoms. The van der Waals surface area contributed by atoms with Crippen LogP contribution in [0, 0.1) is 0 Å². The maximum atomic E-state index is 10.3. The highest BCUT2D eigenvalue weighted by molar-refractivity contribution is 8.00. The van der Waals surface area contributed by atoms with Gasteiger partial charge in [0.05, 0.1) is 0 Å². The smallest absolute Gasteiger partial charge is 0.238 e. The second kappa shape index (κ2) is 4.23. The lowest BCUT2D eigenvalue weighted by atomic mass is 10.3. The van der Waals surface area contributed by atoms with Crippen molar-refractivity contribution in [3.05, 3.63) is 0 Å². The molecule has 1 amide bonds. The van der Waals surface area contributed by atoms with Crippen LogP contribution < -0.4 is 11.2 Å². The van der Waals surface area contributed by atoms with Gasteiger partial charge in [-0.2, -0.15) is 16.9 Å². The van der Waals surface area contributed by atoms with Crippen LogP contribution in [0.4, 0.5) is 0 Å². The molecule has 1 aliphatic rings. The van der Waals surface area contributed by atoms with Crippen molar-refractivity contribution in [3.8, 4) is 0 Å². The highest BCUT2D eigenvalue weighted by atomic mass is 32.2. The summed E-state index contributed by atoms with van der Waals surface area (Å²) in [6.45, 7) is 0.133. The number of carbonyl (C=O) groups is 1. The number of amides is 1. The first kappa shape index (κ1) is 8.39. The normalized spacial score (nSPS) is 20.5. The van der Waals surface area contributed by atoms with Crippen LogP contribution in [-0.4, -0.2) is 29.7 Å². The molecular formula is C6H11N3OS. The van der Waals surface area contributed by atoms with E-state index >= 15 is 0 Å². The minimum Gasteiger partial charge on any atom is -0.368 e. The molecule has 0 radical (unpaired) electrons. The van der Waals surface area contributed by atoms with Crippen LogP contribution in [0.1, 0.15) is 6.42 Å². The molecule has 0 aromatic rings. The number of primary amides is 1. The van der Waals surface area contributed by atoms with Crippen LogP contribution in [0.5, 0.6) is 0 Å². The zero-order valence-electron chi connectivity index (χ0n) is 6.17. The van der Waals surface area contributed by atoms with Gasteiger partial charge in [0.25, 0.3) is 0 Å². The minimum atomic E-state index is -0.375. The van der Waals surface area contributed by atoms with Crippen molar-refractivity contribution in [2.45, 2.75) is 6.42 Å². The topological polar surface area (TPSA) is 67.5 Å². The Kier molecular flexibility index (Phi) is 3.22. The van der Waals surface area contributed by atoms with Crippen molar-refractivity contribution >= 4 is 23.4 Å². The van der Waals surface area contributed by atoms with Crippen molar-refractivity contribution in [2.75, 3.05) is 18.1 Å². The van der Waals surface area contributed by atoms with E-state index in [0.29, 0.717) is 0 Å². The van der Waals surface area contributed by atoms with E-state index in [9.17, 15) is 4.79 Å². The first-order chi connectivity index (χ1) is 5.29. The Morgan fingerprint density at radius 2 is 2.64 bits per heavy atom. The minimum absolute atomic E-state index is 0.133.